The van der Waals surface area contributed by atoms with Gasteiger partial charge in [-0.1, -0.05) is 62.8 Å². The molecule has 0 aliphatic heterocycles. The Bertz CT molecular complexity index is 347. The van der Waals surface area contributed by atoms with Gasteiger partial charge in [0.1, 0.15) is 0 Å². The van der Waals surface area contributed by atoms with Crippen molar-refractivity contribution in [2.24, 2.45) is 5.84 Å². The molecule has 2 nitrogen and oxygen atoms in total. The van der Waals surface area contributed by atoms with Crippen LogP contribution in [0.25, 0.3) is 0 Å². The molecule has 0 spiro atoms. The minimum absolute atomic E-state index is 0.298. The zero-order valence-corrected chi connectivity index (χ0v) is 12.1. The van der Waals surface area contributed by atoms with Gasteiger partial charge in [0.25, 0.3) is 0 Å². The molecule has 2 heteroatoms. The van der Waals surface area contributed by atoms with Crippen LogP contribution < -0.4 is 11.3 Å². The fraction of sp³-hybridized carbons (Fsp3) is 0.625. The Kier molecular flexibility index (Phi) is 6.99. The van der Waals surface area contributed by atoms with E-state index < -0.39 is 0 Å². The van der Waals surface area contributed by atoms with Crippen LogP contribution in [-0.2, 0) is 0 Å². The van der Waals surface area contributed by atoms with Crippen LogP contribution in [0.15, 0.2) is 18.2 Å². The van der Waals surface area contributed by atoms with E-state index in [0.717, 1.165) is 6.42 Å². The maximum atomic E-state index is 5.71. The van der Waals surface area contributed by atoms with Crippen molar-refractivity contribution in [2.75, 3.05) is 0 Å². The minimum atomic E-state index is 0.298. The Hall–Kier alpha value is -0.860. The lowest BCUT2D eigenvalue weighted by Crippen LogP contribution is -2.28. The zero-order valence-electron chi connectivity index (χ0n) is 12.1. The number of nitrogens with two attached hydrogens (primary N) is 1. The van der Waals surface area contributed by atoms with Gasteiger partial charge >= 0.3 is 0 Å². The van der Waals surface area contributed by atoms with E-state index >= 15 is 0 Å². The first kappa shape index (κ1) is 15.2. The zero-order chi connectivity index (χ0) is 13.4. The summed E-state index contributed by atoms with van der Waals surface area (Å²) >= 11 is 0. The summed E-state index contributed by atoms with van der Waals surface area (Å²) in [5, 5.41) is 0. The van der Waals surface area contributed by atoms with Crippen molar-refractivity contribution in [2.45, 2.75) is 65.3 Å². The van der Waals surface area contributed by atoms with Gasteiger partial charge in [-0.15, -0.1) is 0 Å². The van der Waals surface area contributed by atoms with Gasteiger partial charge < -0.3 is 0 Å². The molecule has 102 valence electrons. The molecule has 1 aromatic carbocycles. The predicted octanol–water partition coefficient (Wildman–Crippen LogP) is 4.17. The molecule has 1 atom stereocenters. The molecule has 1 rings (SSSR count). The lowest BCUT2D eigenvalue weighted by molar-refractivity contribution is 0.477. The first-order valence-corrected chi connectivity index (χ1v) is 7.22. The second kappa shape index (κ2) is 8.28. The van der Waals surface area contributed by atoms with Crippen molar-refractivity contribution >= 4 is 0 Å². The van der Waals surface area contributed by atoms with Crippen LogP contribution in [0.1, 0.15) is 68.2 Å². The van der Waals surface area contributed by atoms with E-state index in [1.54, 1.807) is 0 Å². The quantitative estimate of drug-likeness (QED) is 0.412. The largest absolute Gasteiger partial charge is 0.271 e. The molecular formula is C16H28N2. The number of benzene rings is 1. The normalized spacial score (nSPS) is 12.7. The van der Waals surface area contributed by atoms with Crippen molar-refractivity contribution in [3.8, 4) is 0 Å². The van der Waals surface area contributed by atoms with Crippen LogP contribution in [0.3, 0.4) is 0 Å². The molecular weight excluding hydrogens is 220 g/mol. The molecule has 0 bridgehead atoms. The molecule has 0 saturated carbocycles. The Morgan fingerprint density at radius 1 is 1.11 bits per heavy atom. The average molecular weight is 248 g/mol. The molecule has 1 aromatic rings. The molecule has 0 aliphatic rings. The summed E-state index contributed by atoms with van der Waals surface area (Å²) in [6.07, 6.45) is 7.70. The molecule has 0 aromatic heterocycles. The molecule has 0 heterocycles. The van der Waals surface area contributed by atoms with Gasteiger partial charge in [0, 0.05) is 6.04 Å². The summed E-state index contributed by atoms with van der Waals surface area (Å²) < 4.78 is 0. The highest BCUT2D eigenvalue weighted by atomic mass is 15.2. The predicted molar refractivity (Wildman–Crippen MR) is 79.4 cm³/mol. The number of unbranched alkanes of at least 4 members (excludes halogenated alkanes) is 4. The lowest BCUT2D eigenvalue weighted by atomic mass is 9.95. The summed E-state index contributed by atoms with van der Waals surface area (Å²) in [7, 11) is 0. The molecule has 3 N–H and O–H groups in total. The van der Waals surface area contributed by atoms with Crippen LogP contribution in [0.4, 0.5) is 0 Å². The van der Waals surface area contributed by atoms with Gasteiger partial charge in [-0.05, 0) is 31.4 Å². The van der Waals surface area contributed by atoms with Crippen molar-refractivity contribution in [3.63, 3.8) is 0 Å². The second-order valence-corrected chi connectivity index (χ2v) is 5.28. The van der Waals surface area contributed by atoms with Gasteiger partial charge in [-0.2, -0.15) is 0 Å². The minimum Gasteiger partial charge on any atom is -0.271 e. The Morgan fingerprint density at radius 3 is 2.50 bits per heavy atom. The third kappa shape index (κ3) is 4.79. The Labute approximate surface area is 112 Å². The molecule has 0 amide bonds. The van der Waals surface area contributed by atoms with Gasteiger partial charge in [0.2, 0.25) is 0 Å². The summed E-state index contributed by atoms with van der Waals surface area (Å²) in [5.41, 5.74) is 6.97. The molecule has 0 saturated heterocycles. The van der Waals surface area contributed by atoms with E-state index in [9.17, 15) is 0 Å². The van der Waals surface area contributed by atoms with Crippen LogP contribution in [0, 0.1) is 13.8 Å². The standard InChI is InChI=1S/C16H28N2/c1-4-5-6-7-8-9-16(18-17)15-12-13(2)10-11-14(15)3/h10-12,16,18H,4-9,17H2,1-3H3. The average Bonchev–Trinajstić information content (AvgIpc) is 2.37. The first-order valence-electron chi connectivity index (χ1n) is 7.22. The summed E-state index contributed by atoms with van der Waals surface area (Å²) in [6, 6.07) is 6.90. The van der Waals surface area contributed by atoms with E-state index in [2.05, 4.69) is 44.4 Å². The van der Waals surface area contributed by atoms with E-state index in [4.69, 9.17) is 5.84 Å². The van der Waals surface area contributed by atoms with Crippen LogP contribution in [-0.4, -0.2) is 0 Å². The lowest BCUT2D eigenvalue weighted by Gasteiger charge is -2.19. The number of hydrogen-bond acceptors (Lipinski definition) is 2. The molecule has 0 fully saturated rings. The Balaban J connectivity index is 2.52. The SMILES string of the molecule is CCCCCCCC(NN)c1cc(C)ccc1C. The van der Waals surface area contributed by atoms with E-state index in [0.29, 0.717) is 6.04 Å². The van der Waals surface area contributed by atoms with E-state index in [-0.39, 0.29) is 0 Å². The number of aryl methyl sites for hydroxylation is 2. The molecule has 1 unspecified atom stereocenters. The van der Waals surface area contributed by atoms with Gasteiger partial charge in [-0.25, -0.2) is 0 Å². The maximum absolute atomic E-state index is 5.71. The summed E-state index contributed by atoms with van der Waals surface area (Å²) in [4.78, 5) is 0. The van der Waals surface area contributed by atoms with Crippen LogP contribution in [0.5, 0.6) is 0 Å². The monoisotopic (exact) mass is 248 g/mol. The van der Waals surface area contributed by atoms with Crippen LogP contribution >= 0.6 is 0 Å². The number of hydrogen-bond donors (Lipinski definition) is 2. The van der Waals surface area contributed by atoms with E-state index in [1.807, 2.05) is 0 Å². The van der Waals surface area contributed by atoms with E-state index in [1.165, 1.54) is 48.8 Å². The number of rotatable bonds is 8. The van der Waals surface area contributed by atoms with Gasteiger partial charge in [0.05, 0.1) is 0 Å². The molecule has 18 heavy (non-hydrogen) atoms. The maximum Gasteiger partial charge on any atom is 0.0462 e. The molecule has 0 aliphatic carbocycles. The second-order valence-electron chi connectivity index (χ2n) is 5.28. The van der Waals surface area contributed by atoms with Gasteiger partial charge in [0.15, 0.2) is 0 Å². The fourth-order valence-corrected chi connectivity index (χ4v) is 2.42. The van der Waals surface area contributed by atoms with Gasteiger partial charge in [-0.3, -0.25) is 11.3 Å². The highest BCUT2D eigenvalue weighted by molar-refractivity contribution is 5.32. The van der Waals surface area contributed by atoms with Crippen molar-refractivity contribution in [3.05, 3.63) is 34.9 Å². The van der Waals surface area contributed by atoms with Crippen molar-refractivity contribution < 1.29 is 0 Å². The number of nitrogens with one attached hydrogen (secondary N) is 1. The number of hydrazine groups is 1. The summed E-state index contributed by atoms with van der Waals surface area (Å²) in [5.74, 6) is 5.71. The smallest absolute Gasteiger partial charge is 0.0462 e. The third-order valence-electron chi connectivity index (χ3n) is 3.61. The first-order chi connectivity index (χ1) is 8.69. The topological polar surface area (TPSA) is 38.0 Å². The highest BCUT2D eigenvalue weighted by Crippen LogP contribution is 2.23. The molecule has 0 radical (unpaired) electrons. The summed E-state index contributed by atoms with van der Waals surface area (Å²) in [6.45, 7) is 6.55. The Morgan fingerprint density at radius 2 is 1.83 bits per heavy atom. The fourth-order valence-electron chi connectivity index (χ4n) is 2.42. The van der Waals surface area contributed by atoms with Crippen molar-refractivity contribution in [1.29, 1.82) is 0 Å². The van der Waals surface area contributed by atoms with Crippen molar-refractivity contribution in [1.82, 2.24) is 5.43 Å². The third-order valence-corrected chi connectivity index (χ3v) is 3.61. The highest BCUT2D eigenvalue weighted by Gasteiger charge is 2.11. The van der Waals surface area contributed by atoms with Crippen LogP contribution in [0.2, 0.25) is 0 Å².